The van der Waals surface area contributed by atoms with Crippen LogP contribution >= 0.6 is 22.9 Å². The van der Waals surface area contributed by atoms with Gasteiger partial charge in [-0.05, 0) is 86.1 Å². The zero-order chi connectivity index (χ0) is 22.2. The van der Waals surface area contributed by atoms with Crippen molar-refractivity contribution in [3.8, 4) is 0 Å². The largest absolute Gasteiger partial charge is 0.338 e. The minimum atomic E-state index is -0.182. The molecule has 0 spiro atoms. The number of rotatable bonds is 5. The van der Waals surface area contributed by atoms with Crippen LogP contribution in [0.5, 0.6) is 0 Å². The Hall–Kier alpha value is -1.83. The molecule has 0 saturated carbocycles. The smallest absolute Gasteiger partial charge is 0.219 e. The first-order valence-corrected chi connectivity index (χ1v) is 13.3. The van der Waals surface area contributed by atoms with Gasteiger partial charge in [0.25, 0.3) is 0 Å². The van der Waals surface area contributed by atoms with Gasteiger partial charge < -0.3 is 9.80 Å². The molecule has 1 aromatic carbocycles. The number of hydrogen-bond donors (Lipinski definition) is 0. The van der Waals surface area contributed by atoms with Crippen molar-refractivity contribution in [2.45, 2.75) is 58.4 Å². The number of thiophene rings is 1. The number of hydrogen-bond acceptors (Lipinski definition) is 5. The first-order valence-electron chi connectivity index (χ1n) is 11.7. The van der Waals surface area contributed by atoms with Gasteiger partial charge in [-0.25, -0.2) is 4.39 Å². The lowest BCUT2D eigenvalue weighted by atomic mass is 9.91. The van der Waals surface area contributed by atoms with Crippen LogP contribution in [0.2, 0.25) is 0 Å². The summed E-state index contributed by atoms with van der Waals surface area (Å²) in [5.41, 5.74) is 4.09. The monoisotopic (exact) mass is 471 g/mol. The Morgan fingerprint density at radius 3 is 2.81 bits per heavy atom. The van der Waals surface area contributed by atoms with Crippen molar-refractivity contribution in [3.63, 3.8) is 0 Å². The average molecular weight is 472 g/mol. The maximum atomic E-state index is 13.5. The predicted molar refractivity (Wildman–Crippen MR) is 130 cm³/mol. The van der Waals surface area contributed by atoms with Gasteiger partial charge in [-0.2, -0.15) is 4.37 Å². The van der Waals surface area contributed by atoms with Crippen molar-refractivity contribution < 1.29 is 9.18 Å². The molecule has 2 aliphatic rings. The predicted octanol–water partition coefficient (Wildman–Crippen LogP) is 5.39. The quantitative estimate of drug-likeness (QED) is 0.501. The van der Waals surface area contributed by atoms with Crippen LogP contribution in [-0.2, 0) is 30.6 Å². The number of benzene rings is 1. The summed E-state index contributed by atoms with van der Waals surface area (Å²) < 4.78 is 19.1. The number of nitrogens with zero attached hydrogens (tertiary/aromatic N) is 3. The number of halogens is 1. The molecule has 1 amide bonds. The number of likely N-dealkylation sites (tertiary alicyclic amines) is 1. The lowest BCUT2D eigenvalue weighted by Gasteiger charge is -2.31. The summed E-state index contributed by atoms with van der Waals surface area (Å²) in [5.74, 6) is 0.479. The third-order valence-corrected chi connectivity index (χ3v) is 9.35. The van der Waals surface area contributed by atoms with E-state index in [9.17, 15) is 9.18 Å². The zero-order valence-electron chi connectivity index (χ0n) is 18.8. The fraction of sp³-hybridized carbons (Fsp3) is 0.520. The van der Waals surface area contributed by atoms with E-state index in [1.165, 1.54) is 38.1 Å². The van der Waals surface area contributed by atoms with Crippen LogP contribution in [0.1, 0.15) is 59.2 Å². The van der Waals surface area contributed by atoms with E-state index >= 15 is 0 Å². The van der Waals surface area contributed by atoms with Crippen molar-refractivity contribution in [3.05, 3.63) is 50.6 Å². The normalized spacial score (nSPS) is 17.8. The number of carbonyl (C=O) groups is 1. The highest BCUT2D eigenvalue weighted by molar-refractivity contribution is 7.13. The van der Waals surface area contributed by atoms with Crippen molar-refractivity contribution in [2.24, 2.45) is 0 Å². The maximum Gasteiger partial charge on any atom is 0.219 e. The van der Waals surface area contributed by atoms with Gasteiger partial charge in [-0.15, -0.1) is 11.3 Å². The molecule has 170 valence electrons. The molecule has 0 unspecified atom stereocenters. The summed E-state index contributed by atoms with van der Waals surface area (Å²) >= 11 is 3.41. The zero-order valence-corrected chi connectivity index (χ0v) is 20.5. The third kappa shape index (κ3) is 4.22. The van der Waals surface area contributed by atoms with E-state index in [1.807, 2.05) is 22.3 Å². The number of fused-ring (bicyclic) bond motifs is 2. The maximum absolute atomic E-state index is 13.5. The van der Waals surface area contributed by atoms with Crippen molar-refractivity contribution in [1.82, 2.24) is 14.2 Å². The van der Waals surface area contributed by atoms with Crippen molar-refractivity contribution in [1.29, 1.82) is 0 Å². The fourth-order valence-electron chi connectivity index (χ4n) is 5.30. The van der Waals surface area contributed by atoms with Gasteiger partial charge >= 0.3 is 0 Å². The van der Waals surface area contributed by atoms with Crippen LogP contribution in [0.3, 0.4) is 0 Å². The Bertz CT molecular complexity index is 1130. The minimum Gasteiger partial charge on any atom is -0.338 e. The van der Waals surface area contributed by atoms with Gasteiger partial charge in [-0.3, -0.25) is 4.79 Å². The Morgan fingerprint density at radius 2 is 2.06 bits per heavy atom. The summed E-state index contributed by atoms with van der Waals surface area (Å²) in [6.07, 6.45) is 5.39. The molecule has 0 bridgehead atoms. The number of carbonyl (C=O) groups excluding carboxylic acids is 1. The fourth-order valence-corrected chi connectivity index (χ4v) is 7.56. The van der Waals surface area contributed by atoms with Crippen LogP contribution < -0.4 is 0 Å². The molecule has 2 aromatic heterocycles. The molecule has 0 radical (unpaired) electrons. The molecule has 1 saturated heterocycles. The highest BCUT2D eigenvalue weighted by atomic mass is 32.1. The Kier molecular flexibility index (Phi) is 6.32. The van der Waals surface area contributed by atoms with Gasteiger partial charge in [0.1, 0.15) is 5.82 Å². The molecule has 1 fully saturated rings. The Labute approximate surface area is 197 Å². The van der Waals surface area contributed by atoms with Gasteiger partial charge in [0, 0.05) is 47.6 Å². The molecule has 0 aliphatic carbocycles. The Morgan fingerprint density at radius 1 is 1.25 bits per heavy atom. The van der Waals surface area contributed by atoms with E-state index in [-0.39, 0.29) is 11.7 Å². The molecule has 7 heteroatoms. The van der Waals surface area contributed by atoms with Crippen LogP contribution in [0.25, 0.3) is 10.1 Å². The SMILES string of the molecule is CCc1c(CCN2CCC(c3nsc4cc(F)ccc34)CC2)sc2c1CN(C(C)=O)CC2. The van der Waals surface area contributed by atoms with Crippen LogP contribution in [-0.4, -0.2) is 46.3 Å². The first-order chi connectivity index (χ1) is 15.5. The van der Waals surface area contributed by atoms with E-state index in [0.717, 1.165) is 74.9 Å². The standard InChI is InChI=1S/C25H30FN3OS2/c1-3-19-21-15-29(16(2)30)13-9-23(21)31-22(19)8-12-28-10-6-17(7-11-28)25-20-5-4-18(26)14-24(20)32-27-25/h4-5,14,17H,3,6-13,15H2,1-2H3. The van der Waals surface area contributed by atoms with E-state index in [2.05, 4.69) is 16.2 Å². The molecule has 2 aliphatic heterocycles. The summed E-state index contributed by atoms with van der Waals surface area (Å²) in [5, 5.41) is 1.13. The van der Waals surface area contributed by atoms with Gasteiger partial charge in [0.05, 0.1) is 10.4 Å². The van der Waals surface area contributed by atoms with E-state index in [0.29, 0.717) is 5.92 Å². The number of amides is 1. The van der Waals surface area contributed by atoms with Crippen molar-refractivity contribution >= 4 is 38.9 Å². The molecule has 0 N–H and O–H groups in total. The number of piperidine rings is 1. The second kappa shape index (κ2) is 9.20. The third-order valence-electron chi connectivity index (χ3n) is 7.13. The average Bonchev–Trinajstić information content (AvgIpc) is 3.37. The molecule has 3 aromatic rings. The highest BCUT2D eigenvalue weighted by Gasteiger charge is 2.27. The number of aromatic nitrogens is 1. The van der Waals surface area contributed by atoms with Gasteiger partial charge in [0.2, 0.25) is 5.91 Å². The second-order valence-electron chi connectivity index (χ2n) is 9.02. The van der Waals surface area contributed by atoms with Crippen LogP contribution in [0.4, 0.5) is 4.39 Å². The van der Waals surface area contributed by atoms with Crippen LogP contribution in [0.15, 0.2) is 18.2 Å². The van der Waals surface area contributed by atoms with Crippen LogP contribution in [0, 0.1) is 5.82 Å². The lowest BCUT2D eigenvalue weighted by Crippen LogP contribution is -2.34. The summed E-state index contributed by atoms with van der Waals surface area (Å²) in [6.45, 7) is 8.86. The first kappa shape index (κ1) is 22.0. The summed E-state index contributed by atoms with van der Waals surface area (Å²) in [4.78, 5) is 19.4. The highest BCUT2D eigenvalue weighted by Crippen LogP contribution is 2.36. The van der Waals surface area contributed by atoms with E-state index < -0.39 is 0 Å². The molecule has 4 heterocycles. The van der Waals surface area contributed by atoms with Crippen molar-refractivity contribution in [2.75, 3.05) is 26.2 Å². The van der Waals surface area contributed by atoms with Gasteiger partial charge in [0.15, 0.2) is 0 Å². The molecular weight excluding hydrogens is 441 g/mol. The van der Waals surface area contributed by atoms with E-state index in [4.69, 9.17) is 0 Å². The second-order valence-corrected chi connectivity index (χ2v) is 11.0. The molecule has 32 heavy (non-hydrogen) atoms. The molecule has 5 rings (SSSR count). The van der Waals surface area contributed by atoms with E-state index in [1.54, 1.807) is 19.1 Å². The van der Waals surface area contributed by atoms with Gasteiger partial charge in [-0.1, -0.05) is 6.92 Å². The topological polar surface area (TPSA) is 36.4 Å². The lowest BCUT2D eigenvalue weighted by molar-refractivity contribution is -0.129. The Balaban J connectivity index is 1.21. The molecule has 0 atom stereocenters. The molecular formula is C25H30FN3OS2. The molecule has 4 nitrogen and oxygen atoms in total. The minimum absolute atomic E-state index is 0.182. The summed E-state index contributed by atoms with van der Waals surface area (Å²) in [6, 6.07) is 5.05. The summed E-state index contributed by atoms with van der Waals surface area (Å²) in [7, 11) is 0.